The van der Waals surface area contributed by atoms with E-state index >= 15 is 0 Å². The number of fused-ring (bicyclic) bond motifs is 3. The lowest BCUT2D eigenvalue weighted by Crippen LogP contribution is -2.49. The van der Waals surface area contributed by atoms with E-state index in [0.29, 0.717) is 24.5 Å². The number of hydrogen-bond acceptors (Lipinski definition) is 3. The first-order valence-corrected chi connectivity index (χ1v) is 10.2. The summed E-state index contributed by atoms with van der Waals surface area (Å²) in [5, 5.41) is 23.2. The average Bonchev–Trinajstić information content (AvgIpc) is 2.69. The van der Waals surface area contributed by atoms with E-state index < -0.39 is 5.60 Å². The summed E-state index contributed by atoms with van der Waals surface area (Å²) in [4.78, 5) is 4.37. The van der Waals surface area contributed by atoms with Gasteiger partial charge in [-0.15, -0.1) is 0 Å². The van der Waals surface area contributed by atoms with Gasteiger partial charge in [-0.05, 0) is 97.5 Å². The van der Waals surface area contributed by atoms with E-state index in [1.807, 2.05) is 24.3 Å². The highest BCUT2D eigenvalue weighted by molar-refractivity contribution is 6.30. The Bertz CT molecular complexity index is 946. The lowest BCUT2D eigenvalue weighted by Gasteiger charge is -2.52. The Labute approximate surface area is 171 Å². The third kappa shape index (κ3) is 3.55. The summed E-state index contributed by atoms with van der Waals surface area (Å²) in [6.07, 6.45) is 10.9. The summed E-state index contributed by atoms with van der Waals surface area (Å²) in [5.41, 5.74) is 2.39. The molecular weight excluding hydrogens is 370 g/mol. The number of halogens is 1. The first-order valence-electron chi connectivity index (χ1n) is 9.80. The number of hydrogen-bond donors (Lipinski definition) is 2. The van der Waals surface area contributed by atoms with Crippen molar-refractivity contribution >= 4 is 17.7 Å². The third-order valence-electron chi connectivity index (χ3n) is 6.48. The molecule has 3 atom stereocenters. The van der Waals surface area contributed by atoms with E-state index in [4.69, 9.17) is 11.6 Å². The van der Waals surface area contributed by atoms with Gasteiger partial charge in [-0.25, -0.2) is 0 Å². The van der Waals surface area contributed by atoms with Gasteiger partial charge in [0.2, 0.25) is 0 Å². The van der Waals surface area contributed by atoms with Crippen molar-refractivity contribution in [3.63, 3.8) is 0 Å². The van der Waals surface area contributed by atoms with Crippen molar-refractivity contribution in [2.45, 2.75) is 49.5 Å². The van der Waals surface area contributed by atoms with Crippen molar-refractivity contribution in [1.82, 2.24) is 4.98 Å². The summed E-state index contributed by atoms with van der Waals surface area (Å²) in [5.74, 6) is 3.46. The van der Waals surface area contributed by atoms with Crippen molar-refractivity contribution in [3.8, 4) is 17.0 Å². The van der Waals surface area contributed by atoms with E-state index in [9.17, 15) is 10.2 Å². The molecule has 2 N–H and O–H groups in total. The minimum atomic E-state index is -1.00. The Kier molecular flexibility index (Phi) is 5.19. The van der Waals surface area contributed by atoms with Crippen LogP contribution in [0.25, 0.3) is 6.08 Å². The zero-order chi connectivity index (χ0) is 19.6. The van der Waals surface area contributed by atoms with Gasteiger partial charge in [0.25, 0.3) is 0 Å². The van der Waals surface area contributed by atoms with Crippen molar-refractivity contribution in [1.29, 1.82) is 0 Å². The molecule has 0 amide bonds. The van der Waals surface area contributed by atoms with Crippen LogP contribution in [0.1, 0.15) is 48.9 Å². The van der Waals surface area contributed by atoms with Gasteiger partial charge in [-0.1, -0.05) is 24.1 Å². The van der Waals surface area contributed by atoms with Crippen LogP contribution in [-0.4, -0.2) is 20.8 Å². The van der Waals surface area contributed by atoms with E-state index in [2.05, 4.69) is 34.5 Å². The van der Waals surface area contributed by atoms with Gasteiger partial charge in [0.1, 0.15) is 11.4 Å². The summed E-state index contributed by atoms with van der Waals surface area (Å²) >= 11 is 5.62. The Morgan fingerprint density at radius 3 is 2.93 bits per heavy atom. The number of benzene rings is 1. The third-order valence-corrected chi connectivity index (χ3v) is 6.57. The molecule has 1 fully saturated rings. The first kappa shape index (κ1) is 19.1. The minimum absolute atomic E-state index is 0.0627. The molecule has 2 aliphatic rings. The normalized spacial score (nSPS) is 28.9. The Balaban J connectivity index is 1.70. The van der Waals surface area contributed by atoms with E-state index in [-0.39, 0.29) is 5.41 Å². The second-order valence-corrected chi connectivity index (χ2v) is 8.24. The smallest absolute Gasteiger partial charge is 0.127 e. The molecule has 0 spiro atoms. The average molecular weight is 394 g/mol. The highest BCUT2D eigenvalue weighted by Gasteiger charge is 2.50. The summed E-state index contributed by atoms with van der Waals surface area (Å²) in [6, 6.07) is 11.6. The second-order valence-electron chi connectivity index (χ2n) is 8.05. The van der Waals surface area contributed by atoms with Gasteiger partial charge in [-0.3, -0.25) is 4.98 Å². The maximum absolute atomic E-state index is 10.9. The van der Waals surface area contributed by atoms with E-state index in [1.165, 1.54) is 11.1 Å². The molecule has 3 nitrogen and oxygen atoms in total. The molecule has 1 heterocycles. The molecule has 1 saturated carbocycles. The molecule has 1 aromatic carbocycles. The lowest BCUT2D eigenvalue weighted by molar-refractivity contribution is -0.00710. The predicted molar refractivity (Wildman–Crippen MR) is 112 cm³/mol. The number of aliphatic hydroxyl groups is 1. The summed E-state index contributed by atoms with van der Waals surface area (Å²) < 4.78 is 0. The topological polar surface area (TPSA) is 53.4 Å². The molecular formula is C24H24ClNO2. The van der Waals surface area contributed by atoms with Gasteiger partial charge in [0.05, 0.1) is 5.69 Å². The van der Waals surface area contributed by atoms with E-state index in [1.54, 1.807) is 12.3 Å². The lowest BCUT2D eigenvalue weighted by atomic mass is 9.53. The van der Waals surface area contributed by atoms with Gasteiger partial charge in [0.15, 0.2) is 0 Å². The number of nitrogens with zero attached hydrogens (tertiary/aromatic N) is 1. The maximum Gasteiger partial charge on any atom is 0.127 e. The number of allylic oxidation sites excluding steroid dienone is 1. The summed E-state index contributed by atoms with van der Waals surface area (Å²) in [7, 11) is 0. The molecule has 28 heavy (non-hydrogen) atoms. The molecule has 4 rings (SSSR count). The molecule has 0 radical (unpaired) electrons. The first-order chi connectivity index (χ1) is 13.5. The van der Waals surface area contributed by atoms with Crippen molar-refractivity contribution in [2.75, 3.05) is 0 Å². The Morgan fingerprint density at radius 2 is 2.14 bits per heavy atom. The number of phenolic OH excluding ortho intramolecular Hbond substituents is 1. The van der Waals surface area contributed by atoms with Crippen LogP contribution in [0.15, 0.2) is 48.7 Å². The fourth-order valence-corrected chi connectivity index (χ4v) is 5.29. The number of rotatable bonds is 3. The minimum Gasteiger partial charge on any atom is -0.508 e. The van der Waals surface area contributed by atoms with Gasteiger partial charge >= 0.3 is 0 Å². The molecule has 0 unspecified atom stereocenters. The maximum atomic E-state index is 10.9. The van der Waals surface area contributed by atoms with Gasteiger partial charge in [-0.2, -0.15) is 0 Å². The SMILES string of the molecule is Oc1ccc2c(c1)CC[C@@H]1C[C@@](O)(C#CCl)CC[C@@]21C/C=C/c1ccccn1. The largest absolute Gasteiger partial charge is 0.508 e. The van der Waals surface area contributed by atoms with Crippen molar-refractivity contribution in [2.24, 2.45) is 5.92 Å². The molecule has 0 bridgehead atoms. The molecule has 4 heteroatoms. The molecule has 1 aromatic heterocycles. The highest BCUT2D eigenvalue weighted by Crippen LogP contribution is 2.55. The van der Waals surface area contributed by atoms with Crippen LogP contribution in [0.4, 0.5) is 0 Å². The zero-order valence-corrected chi connectivity index (χ0v) is 16.5. The predicted octanol–water partition coefficient (Wildman–Crippen LogP) is 4.81. The Morgan fingerprint density at radius 1 is 1.25 bits per heavy atom. The van der Waals surface area contributed by atoms with Crippen LogP contribution in [0.3, 0.4) is 0 Å². The van der Waals surface area contributed by atoms with E-state index in [0.717, 1.165) is 31.4 Å². The highest BCUT2D eigenvalue weighted by atomic mass is 35.5. The summed E-state index contributed by atoms with van der Waals surface area (Å²) in [6.45, 7) is 0. The molecule has 2 aliphatic carbocycles. The van der Waals surface area contributed by atoms with Crippen LogP contribution in [0, 0.1) is 17.2 Å². The van der Waals surface area contributed by atoms with Crippen LogP contribution < -0.4 is 0 Å². The van der Waals surface area contributed by atoms with Crippen molar-refractivity contribution in [3.05, 3.63) is 65.5 Å². The Hall–Kier alpha value is -2.28. The van der Waals surface area contributed by atoms with Crippen LogP contribution in [0.2, 0.25) is 0 Å². The molecule has 0 aliphatic heterocycles. The molecule has 2 aromatic rings. The quantitative estimate of drug-likeness (QED) is 0.736. The number of aryl methyl sites for hydroxylation is 1. The van der Waals surface area contributed by atoms with Gasteiger partial charge in [0, 0.05) is 17.0 Å². The van der Waals surface area contributed by atoms with Crippen LogP contribution >= 0.6 is 11.6 Å². The fourth-order valence-electron chi connectivity index (χ4n) is 5.12. The molecule has 0 saturated heterocycles. The number of phenols is 1. The van der Waals surface area contributed by atoms with Gasteiger partial charge < -0.3 is 10.2 Å². The molecule has 144 valence electrons. The van der Waals surface area contributed by atoms with Crippen LogP contribution in [0.5, 0.6) is 5.75 Å². The van der Waals surface area contributed by atoms with Crippen molar-refractivity contribution < 1.29 is 10.2 Å². The zero-order valence-electron chi connectivity index (χ0n) is 15.7. The second kappa shape index (κ2) is 7.62. The number of aromatic nitrogens is 1. The fraction of sp³-hybridized carbons (Fsp3) is 0.375. The number of aromatic hydroxyl groups is 1. The number of pyridine rings is 1. The monoisotopic (exact) mass is 393 g/mol. The van der Waals surface area contributed by atoms with Crippen LogP contribution in [-0.2, 0) is 11.8 Å². The standard InChI is InChI=1S/C24H24ClNO2/c25-14-13-23(28)11-12-24(10-3-5-20-4-1-2-15-26-20)19(17-23)7-6-18-16-21(27)8-9-22(18)24/h1-5,8-9,15-16,19,27-28H,6-7,10-12,17H2/b5-3+/t19-,23+,24-/m1/s1.